The van der Waals surface area contributed by atoms with Crippen LogP contribution in [0.25, 0.3) is 0 Å². The first-order valence-electron chi connectivity index (χ1n) is 5.16. The number of nitrogens with zero attached hydrogens (tertiary/aromatic N) is 1. The van der Waals surface area contributed by atoms with Crippen molar-refractivity contribution in [2.75, 3.05) is 13.1 Å². The third-order valence-electron chi connectivity index (χ3n) is 2.40. The van der Waals surface area contributed by atoms with E-state index in [1.54, 1.807) is 0 Å². The van der Waals surface area contributed by atoms with Crippen LogP contribution in [-0.4, -0.2) is 35.7 Å². The summed E-state index contributed by atoms with van der Waals surface area (Å²) in [7, 11) is 0. The molecular weight excluding hydrogens is 196 g/mol. The molecule has 0 saturated carbocycles. The molecule has 0 bridgehead atoms. The summed E-state index contributed by atoms with van der Waals surface area (Å²) in [6, 6.07) is 0. The van der Waals surface area contributed by atoms with Gasteiger partial charge in [-0.25, -0.2) is 0 Å². The molecule has 0 aromatic carbocycles. The Labute approximate surface area is 88.8 Å². The maximum absolute atomic E-state index is 11.8. The number of hydrogen-bond donors (Lipinski definition) is 1. The number of amides is 3. The Morgan fingerprint density at radius 1 is 1.40 bits per heavy atom. The predicted molar refractivity (Wildman–Crippen MR) is 53.8 cm³/mol. The van der Waals surface area contributed by atoms with E-state index in [0.29, 0.717) is 0 Å². The van der Waals surface area contributed by atoms with E-state index in [1.807, 2.05) is 13.8 Å². The number of nitrogens with one attached hydrogen (secondary N) is 1. The zero-order chi connectivity index (χ0) is 11.4. The van der Waals surface area contributed by atoms with Crippen LogP contribution >= 0.6 is 0 Å². The summed E-state index contributed by atoms with van der Waals surface area (Å²) in [6.45, 7) is 3.82. The lowest BCUT2D eigenvalue weighted by molar-refractivity contribution is -0.147. The van der Waals surface area contributed by atoms with Crippen molar-refractivity contribution in [2.24, 2.45) is 5.92 Å². The largest absolute Gasteiger partial charge is 0.324 e. The Morgan fingerprint density at radius 3 is 2.40 bits per heavy atom. The third kappa shape index (κ3) is 3.04. The van der Waals surface area contributed by atoms with E-state index in [9.17, 15) is 14.4 Å². The molecule has 1 saturated heterocycles. The predicted octanol–water partition coefficient (Wildman–Crippen LogP) is -0.0924. The van der Waals surface area contributed by atoms with Crippen LogP contribution in [0.5, 0.6) is 0 Å². The number of rotatable bonds is 3. The fourth-order valence-electron chi connectivity index (χ4n) is 1.66. The first-order chi connectivity index (χ1) is 7.04. The molecule has 1 aliphatic rings. The highest BCUT2D eigenvalue weighted by molar-refractivity contribution is 6.02. The van der Waals surface area contributed by atoms with Gasteiger partial charge in [0, 0.05) is 5.92 Å². The summed E-state index contributed by atoms with van der Waals surface area (Å²) in [4.78, 5) is 35.2. The lowest BCUT2D eigenvalue weighted by Crippen LogP contribution is -2.54. The highest BCUT2D eigenvalue weighted by atomic mass is 16.2. The Kier molecular flexibility index (Phi) is 3.82. The summed E-state index contributed by atoms with van der Waals surface area (Å²) < 4.78 is 0. The van der Waals surface area contributed by atoms with Crippen LogP contribution in [-0.2, 0) is 14.4 Å². The smallest absolute Gasteiger partial charge is 0.246 e. The van der Waals surface area contributed by atoms with Crippen LogP contribution in [0, 0.1) is 5.92 Å². The summed E-state index contributed by atoms with van der Waals surface area (Å²) in [5.74, 6) is -1.03. The molecule has 0 spiro atoms. The lowest BCUT2D eigenvalue weighted by Gasteiger charge is -2.27. The van der Waals surface area contributed by atoms with Crippen molar-refractivity contribution in [3.05, 3.63) is 0 Å². The SMILES string of the molecule is CCCC(C)C(=O)N1CC(=O)NC(=O)C1. The molecule has 1 rings (SSSR count). The number of piperazine rings is 1. The van der Waals surface area contributed by atoms with Crippen molar-refractivity contribution in [1.29, 1.82) is 0 Å². The zero-order valence-electron chi connectivity index (χ0n) is 9.08. The first kappa shape index (κ1) is 11.7. The van der Waals surface area contributed by atoms with E-state index in [1.165, 1.54) is 4.90 Å². The van der Waals surface area contributed by atoms with Crippen molar-refractivity contribution in [1.82, 2.24) is 10.2 Å². The summed E-state index contributed by atoms with van der Waals surface area (Å²) in [5.41, 5.74) is 0. The molecule has 1 aliphatic heterocycles. The molecule has 5 nitrogen and oxygen atoms in total. The van der Waals surface area contributed by atoms with Crippen molar-refractivity contribution in [2.45, 2.75) is 26.7 Å². The number of hydrogen-bond acceptors (Lipinski definition) is 3. The Morgan fingerprint density at radius 2 is 1.93 bits per heavy atom. The molecule has 1 heterocycles. The van der Waals surface area contributed by atoms with Crippen LogP contribution in [0.2, 0.25) is 0 Å². The summed E-state index contributed by atoms with van der Waals surface area (Å²) in [6.07, 6.45) is 1.70. The molecule has 0 aromatic heterocycles. The average molecular weight is 212 g/mol. The minimum absolute atomic E-state index is 0.00136. The van der Waals surface area contributed by atoms with Crippen LogP contribution in [0.15, 0.2) is 0 Å². The quantitative estimate of drug-likeness (QED) is 0.665. The van der Waals surface area contributed by atoms with Gasteiger partial charge in [-0.05, 0) is 6.42 Å². The van der Waals surface area contributed by atoms with Gasteiger partial charge in [0.05, 0.1) is 0 Å². The molecule has 15 heavy (non-hydrogen) atoms. The van der Waals surface area contributed by atoms with E-state index < -0.39 is 11.8 Å². The molecule has 1 atom stereocenters. The van der Waals surface area contributed by atoms with Gasteiger partial charge in [0.2, 0.25) is 17.7 Å². The van der Waals surface area contributed by atoms with Crippen LogP contribution in [0.1, 0.15) is 26.7 Å². The van der Waals surface area contributed by atoms with Crippen molar-refractivity contribution < 1.29 is 14.4 Å². The van der Waals surface area contributed by atoms with Crippen LogP contribution in [0.3, 0.4) is 0 Å². The van der Waals surface area contributed by atoms with E-state index >= 15 is 0 Å². The molecule has 0 aliphatic carbocycles. The molecular formula is C10H16N2O3. The lowest BCUT2D eigenvalue weighted by atomic mass is 10.0. The first-order valence-corrected chi connectivity index (χ1v) is 5.16. The Balaban J connectivity index is 2.58. The molecule has 1 N–H and O–H groups in total. The molecule has 1 unspecified atom stereocenters. The fourth-order valence-corrected chi connectivity index (χ4v) is 1.66. The molecule has 3 amide bonds. The molecule has 1 fully saturated rings. The van der Waals surface area contributed by atoms with E-state index in [-0.39, 0.29) is 24.9 Å². The average Bonchev–Trinajstić information content (AvgIpc) is 2.15. The number of carbonyl (C=O) groups excluding carboxylic acids is 3. The van der Waals surface area contributed by atoms with Gasteiger partial charge in [-0.3, -0.25) is 19.7 Å². The van der Waals surface area contributed by atoms with Crippen LogP contribution < -0.4 is 5.32 Å². The highest BCUT2D eigenvalue weighted by Gasteiger charge is 2.28. The second kappa shape index (κ2) is 4.91. The van der Waals surface area contributed by atoms with Gasteiger partial charge in [0.25, 0.3) is 0 Å². The van der Waals surface area contributed by atoms with Gasteiger partial charge in [-0.2, -0.15) is 0 Å². The van der Waals surface area contributed by atoms with Crippen molar-refractivity contribution in [3.63, 3.8) is 0 Å². The molecule has 84 valence electrons. The minimum Gasteiger partial charge on any atom is -0.324 e. The zero-order valence-corrected chi connectivity index (χ0v) is 9.08. The van der Waals surface area contributed by atoms with Gasteiger partial charge in [0.15, 0.2) is 0 Å². The van der Waals surface area contributed by atoms with Gasteiger partial charge in [0.1, 0.15) is 13.1 Å². The fraction of sp³-hybridized carbons (Fsp3) is 0.700. The monoisotopic (exact) mass is 212 g/mol. The standard InChI is InChI=1S/C10H16N2O3/c1-3-4-7(2)10(15)12-5-8(13)11-9(14)6-12/h7H,3-6H2,1-2H3,(H,11,13,14). The molecule has 0 aromatic rings. The van der Waals surface area contributed by atoms with Gasteiger partial charge >= 0.3 is 0 Å². The van der Waals surface area contributed by atoms with E-state index in [2.05, 4.69) is 5.32 Å². The van der Waals surface area contributed by atoms with E-state index in [4.69, 9.17) is 0 Å². The highest BCUT2D eigenvalue weighted by Crippen LogP contribution is 2.10. The summed E-state index contributed by atoms with van der Waals surface area (Å²) in [5, 5.41) is 2.16. The van der Waals surface area contributed by atoms with Crippen molar-refractivity contribution >= 4 is 17.7 Å². The number of imide groups is 1. The van der Waals surface area contributed by atoms with E-state index in [0.717, 1.165) is 12.8 Å². The van der Waals surface area contributed by atoms with Gasteiger partial charge < -0.3 is 4.90 Å². The minimum atomic E-state index is -0.400. The third-order valence-corrected chi connectivity index (χ3v) is 2.40. The van der Waals surface area contributed by atoms with Crippen molar-refractivity contribution in [3.8, 4) is 0 Å². The Bertz CT molecular complexity index is 272. The molecule has 0 radical (unpaired) electrons. The maximum Gasteiger partial charge on any atom is 0.246 e. The van der Waals surface area contributed by atoms with Gasteiger partial charge in [-0.15, -0.1) is 0 Å². The Hall–Kier alpha value is -1.39. The summed E-state index contributed by atoms with van der Waals surface area (Å²) >= 11 is 0. The van der Waals surface area contributed by atoms with Gasteiger partial charge in [-0.1, -0.05) is 20.3 Å². The topological polar surface area (TPSA) is 66.5 Å². The molecule has 5 heteroatoms. The maximum atomic E-state index is 11.8. The van der Waals surface area contributed by atoms with Crippen LogP contribution in [0.4, 0.5) is 0 Å². The normalized spacial score (nSPS) is 18.7. The second-order valence-electron chi connectivity index (χ2n) is 3.86. The second-order valence-corrected chi connectivity index (χ2v) is 3.86. The number of carbonyl (C=O) groups is 3.